The Morgan fingerprint density at radius 3 is 1.61 bits per heavy atom. The second-order valence-electron chi connectivity index (χ2n) is 5.31. The average molecular weight is 316 g/mol. The highest BCUT2D eigenvalue weighted by atomic mass is 19.2. The predicted octanol–water partition coefficient (Wildman–Crippen LogP) is 5.89. The Morgan fingerprint density at radius 1 is 0.522 bits per heavy atom. The van der Waals surface area contributed by atoms with Gasteiger partial charge in [0.25, 0.3) is 0 Å². The molecular weight excluding hydrogens is 304 g/mol. The third kappa shape index (κ3) is 2.97. The fourth-order valence-electron chi connectivity index (χ4n) is 2.43. The summed E-state index contributed by atoms with van der Waals surface area (Å²) in [6.45, 7) is 1.76. The third-order valence-electron chi connectivity index (χ3n) is 3.64. The summed E-state index contributed by atoms with van der Waals surface area (Å²) >= 11 is 0. The minimum absolute atomic E-state index is 0.125. The summed E-state index contributed by atoms with van der Waals surface area (Å²) in [4.78, 5) is 0. The second kappa shape index (κ2) is 5.88. The summed E-state index contributed by atoms with van der Waals surface area (Å²) in [5.74, 6) is -3.11. The van der Waals surface area contributed by atoms with Crippen molar-refractivity contribution in [2.24, 2.45) is 0 Å². The first-order chi connectivity index (χ1) is 11.0. The van der Waals surface area contributed by atoms with Gasteiger partial charge in [-0.1, -0.05) is 30.3 Å². The summed E-state index contributed by atoms with van der Waals surface area (Å²) in [6, 6.07) is 12.0. The molecule has 3 aromatic carbocycles. The summed E-state index contributed by atoms with van der Waals surface area (Å²) < 4.78 is 54.6. The summed E-state index contributed by atoms with van der Waals surface area (Å²) in [6.07, 6.45) is 0. The van der Waals surface area contributed by atoms with Crippen molar-refractivity contribution in [2.75, 3.05) is 0 Å². The van der Waals surface area contributed by atoms with E-state index in [4.69, 9.17) is 0 Å². The largest absolute Gasteiger partial charge is 0.206 e. The van der Waals surface area contributed by atoms with E-state index in [0.717, 1.165) is 17.7 Å². The number of rotatable bonds is 2. The lowest BCUT2D eigenvalue weighted by Gasteiger charge is -2.09. The van der Waals surface area contributed by atoms with E-state index in [1.165, 1.54) is 24.3 Å². The van der Waals surface area contributed by atoms with Gasteiger partial charge in [-0.3, -0.25) is 0 Å². The highest BCUT2D eigenvalue weighted by molar-refractivity contribution is 5.71. The Morgan fingerprint density at radius 2 is 1.04 bits per heavy atom. The predicted molar refractivity (Wildman–Crippen MR) is 81.9 cm³/mol. The van der Waals surface area contributed by atoms with Gasteiger partial charge in [-0.05, 0) is 47.9 Å². The van der Waals surface area contributed by atoms with Crippen molar-refractivity contribution in [3.05, 3.63) is 83.4 Å². The van der Waals surface area contributed by atoms with Crippen molar-refractivity contribution in [3.63, 3.8) is 0 Å². The zero-order chi connectivity index (χ0) is 16.6. The number of aryl methyl sites for hydroxylation is 1. The molecule has 0 unspecified atom stereocenters. The number of halogens is 4. The minimum Gasteiger partial charge on any atom is -0.206 e. The molecule has 0 saturated heterocycles. The Kier molecular flexibility index (Phi) is 3.90. The smallest absolute Gasteiger partial charge is 0.159 e. The number of hydrogen-bond donors (Lipinski definition) is 0. The number of benzene rings is 3. The maximum absolute atomic E-state index is 14.3. The Bertz CT molecular complexity index is 885. The van der Waals surface area contributed by atoms with Crippen LogP contribution < -0.4 is 0 Å². The van der Waals surface area contributed by atoms with Crippen molar-refractivity contribution >= 4 is 0 Å². The third-order valence-corrected chi connectivity index (χ3v) is 3.64. The van der Waals surface area contributed by atoms with E-state index < -0.39 is 23.3 Å². The molecule has 0 radical (unpaired) electrons. The molecule has 0 aliphatic heterocycles. The van der Waals surface area contributed by atoms with E-state index in [1.807, 2.05) is 0 Å². The molecule has 0 N–H and O–H groups in total. The van der Waals surface area contributed by atoms with Crippen LogP contribution in [0.3, 0.4) is 0 Å². The van der Waals surface area contributed by atoms with Crippen LogP contribution in [0.5, 0.6) is 0 Å². The van der Waals surface area contributed by atoms with Gasteiger partial charge in [0.05, 0.1) is 0 Å². The lowest BCUT2D eigenvalue weighted by atomic mass is 9.98. The van der Waals surface area contributed by atoms with E-state index in [1.54, 1.807) is 25.1 Å². The fourth-order valence-corrected chi connectivity index (χ4v) is 2.43. The molecule has 0 atom stereocenters. The van der Waals surface area contributed by atoms with Crippen molar-refractivity contribution in [1.82, 2.24) is 0 Å². The molecule has 0 nitrogen and oxygen atoms in total. The van der Waals surface area contributed by atoms with Crippen LogP contribution in [0, 0.1) is 30.2 Å². The zero-order valence-corrected chi connectivity index (χ0v) is 12.2. The molecule has 23 heavy (non-hydrogen) atoms. The lowest BCUT2D eigenvalue weighted by Crippen LogP contribution is -1.91. The van der Waals surface area contributed by atoms with Crippen LogP contribution in [0.25, 0.3) is 22.3 Å². The van der Waals surface area contributed by atoms with Gasteiger partial charge < -0.3 is 0 Å². The molecule has 0 aliphatic rings. The molecular formula is C19H12F4. The molecule has 0 spiro atoms. The van der Waals surface area contributed by atoms with Gasteiger partial charge in [-0.2, -0.15) is 0 Å². The SMILES string of the molecule is Cc1ccc(-c2ccc(-c3ccc(F)c(F)c3)c(F)c2)c(F)c1. The highest BCUT2D eigenvalue weighted by Crippen LogP contribution is 2.30. The first-order valence-corrected chi connectivity index (χ1v) is 6.97. The Balaban J connectivity index is 2.05. The van der Waals surface area contributed by atoms with Gasteiger partial charge >= 0.3 is 0 Å². The van der Waals surface area contributed by atoms with E-state index in [0.29, 0.717) is 5.56 Å². The van der Waals surface area contributed by atoms with Gasteiger partial charge in [0, 0.05) is 11.1 Å². The molecule has 4 heteroatoms. The maximum Gasteiger partial charge on any atom is 0.159 e. The van der Waals surface area contributed by atoms with Gasteiger partial charge in [0.1, 0.15) is 11.6 Å². The van der Waals surface area contributed by atoms with E-state index in [-0.39, 0.29) is 16.7 Å². The van der Waals surface area contributed by atoms with Crippen LogP contribution in [0.1, 0.15) is 5.56 Å². The molecule has 3 aromatic rings. The Hall–Kier alpha value is -2.62. The normalized spacial score (nSPS) is 10.8. The van der Waals surface area contributed by atoms with Gasteiger partial charge in [-0.15, -0.1) is 0 Å². The van der Waals surface area contributed by atoms with Crippen LogP contribution in [0.4, 0.5) is 17.6 Å². The summed E-state index contributed by atoms with van der Waals surface area (Å²) in [5.41, 5.74) is 1.78. The van der Waals surface area contributed by atoms with Crippen LogP contribution in [-0.2, 0) is 0 Å². The molecule has 0 aliphatic carbocycles. The highest BCUT2D eigenvalue weighted by Gasteiger charge is 2.12. The summed E-state index contributed by atoms with van der Waals surface area (Å²) in [7, 11) is 0. The van der Waals surface area contributed by atoms with Crippen LogP contribution in [0.15, 0.2) is 54.6 Å². The van der Waals surface area contributed by atoms with Crippen LogP contribution in [0.2, 0.25) is 0 Å². The van der Waals surface area contributed by atoms with E-state index in [9.17, 15) is 17.6 Å². The maximum atomic E-state index is 14.3. The molecule has 0 aromatic heterocycles. The quantitative estimate of drug-likeness (QED) is 0.517. The van der Waals surface area contributed by atoms with Crippen LogP contribution in [-0.4, -0.2) is 0 Å². The van der Waals surface area contributed by atoms with Crippen LogP contribution >= 0.6 is 0 Å². The first-order valence-electron chi connectivity index (χ1n) is 6.97. The molecule has 0 fully saturated rings. The first kappa shape index (κ1) is 15.3. The van der Waals surface area contributed by atoms with Crippen molar-refractivity contribution < 1.29 is 17.6 Å². The minimum atomic E-state index is -1.05. The van der Waals surface area contributed by atoms with Crippen molar-refractivity contribution in [3.8, 4) is 22.3 Å². The standard InChI is InChI=1S/C19H12F4/c1-11-2-5-14(17(21)8-11)12-3-6-15(18(22)9-12)13-4-7-16(20)19(23)10-13/h2-10H,1H3. The average Bonchev–Trinajstić information content (AvgIpc) is 2.50. The molecule has 0 bridgehead atoms. The molecule has 0 saturated carbocycles. The topological polar surface area (TPSA) is 0 Å². The second-order valence-corrected chi connectivity index (χ2v) is 5.31. The molecule has 0 amide bonds. The van der Waals surface area contributed by atoms with E-state index in [2.05, 4.69) is 0 Å². The fraction of sp³-hybridized carbons (Fsp3) is 0.0526. The lowest BCUT2D eigenvalue weighted by molar-refractivity contribution is 0.509. The molecule has 0 heterocycles. The molecule has 3 rings (SSSR count). The van der Waals surface area contributed by atoms with E-state index >= 15 is 0 Å². The Labute approximate surface area is 131 Å². The monoisotopic (exact) mass is 316 g/mol. The summed E-state index contributed by atoms with van der Waals surface area (Å²) in [5, 5.41) is 0. The number of hydrogen-bond acceptors (Lipinski definition) is 0. The van der Waals surface area contributed by atoms with Crippen molar-refractivity contribution in [1.29, 1.82) is 0 Å². The van der Waals surface area contributed by atoms with Gasteiger partial charge in [0.2, 0.25) is 0 Å². The zero-order valence-electron chi connectivity index (χ0n) is 12.2. The van der Waals surface area contributed by atoms with Crippen molar-refractivity contribution in [2.45, 2.75) is 6.92 Å². The van der Waals surface area contributed by atoms with Gasteiger partial charge in [0.15, 0.2) is 11.6 Å². The van der Waals surface area contributed by atoms with Gasteiger partial charge in [-0.25, -0.2) is 17.6 Å². The molecule has 116 valence electrons.